The molecule has 2 aromatic heterocycles. The first-order valence-electron chi connectivity index (χ1n) is 8.91. The lowest BCUT2D eigenvalue weighted by molar-refractivity contribution is 0.0527. The average Bonchev–Trinajstić information content (AvgIpc) is 3.15. The monoisotopic (exact) mass is 424 g/mol. The Hall–Kier alpha value is -2.46. The van der Waals surface area contributed by atoms with Crippen LogP contribution < -0.4 is 10.6 Å². The largest absolute Gasteiger partial charge is 0.462 e. The van der Waals surface area contributed by atoms with Crippen LogP contribution in [0.1, 0.15) is 52.1 Å². The molecule has 0 aliphatic heterocycles. The summed E-state index contributed by atoms with van der Waals surface area (Å²) in [5, 5.41) is 11.0. The van der Waals surface area contributed by atoms with Crippen molar-refractivity contribution < 1.29 is 19.1 Å². The van der Waals surface area contributed by atoms with Crippen molar-refractivity contribution in [2.45, 2.75) is 41.2 Å². The zero-order valence-electron chi connectivity index (χ0n) is 16.5. The first kappa shape index (κ1) is 21.8. The molecule has 2 rings (SSSR count). The fourth-order valence-corrected chi connectivity index (χ4v) is 3.96. The van der Waals surface area contributed by atoms with E-state index in [0.29, 0.717) is 15.4 Å². The number of carbonyl (C=O) groups excluding carboxylic acids is 2. The van der Waals surface area contributed by atoms with Gasteiger partial charge in [-0.3, -0.25) is 4.68 Å². The fraction of sp³-hybridized carbons (Fsp3) is 0.444. The van der Waals surface area contributed by atoms with Crippen molar-refractivity contribution in [3.8, 4) is 0 Å². The Morgan fingerprint density at radius 3 is 2.36 bits per heavy atom. The van der Waals surface area contributed by atoms with Gasteiger partial charge in [0.15, 0.2) is 5.11 Å². The number of nitrogens with zero attached hydrogens (tertiary/aromatic N) is 2. The van der Waals surface area contributed by atoms with Crippen LogP contribution in [0, 0.1) is 13.8 Å². The summed E-state index contributed by atoms with van der Waals surface area (Å²) in [6.45, 7) is 10.3. The van der Waals surface area contributed by atoms with Gasteiger partial charge in [-0.2, -0.15) is 5.10 Å². The maximum absolute atomic E-state index is 12.4. The molecule has 0 aromatic carbocycles. The van der Waals surface area contributed by atoms with Gasteiger partial charge in [0.25, 0.3) is 0 Å². The zero-order valence-corrected chi connectivity index (χ0v) is 18.2. The minimum atomic E-state index is -0.521. The molecule has 2 aromatic rings. The van der Waals surface area contributed by atoms with Crippen molar-refractivity contribution in [3.63, 3.8) is 0 Å². The molecule has 0 unspecified atom stereocenters. The molecule has 0 amide bonds. The fourth-order valence-electron chi connectivity index (χ4n) is 2.59. The van der Waals surface area contributed by atoms with E-state index in [1.165, 1.54) is 0 Å². The number of aromatic nitrogens is 2. The second-order valence-electron chi connectivity index (χ2n) is 5.74. The lowest BCUT2D eigenvalue weighted by Gasteiger charge is -2.11. The van der Waals surface area contributed by atoms with Crippen molar-refractivity contribution in [1.82, 2.24) is 9.78 Å². The van der Waals surface area contributed by atoms with E-state index in [0.717, 1.165) is 29.3 Å². The molecule has 0 atom stereocenters. The lowest BCUT2D eigenvalue weighted by Crippen LogP contribution is -2.20. The Labute approximate surface area is 173 Å². The predicted octanol–water partition coefficient (Wildman–Crippen LogP) is 3.74. The molecule has 152 valence electrons. The van der Waals surface area contributed by atoms with E-state index in [2.05, 4.69) is 15.7 Å². The molecular weight excluding hydrogens is 400 g/mol. The highest BCUT2D eigenvalue weighted by molar-refractivity contribution is 7.80. The van der Waals surface area contributed by atoms with Crippen molar-refractivity contribution in [1.29, 1.82) is 0 Å². The molecule has 0 saturated heterocycles. The second kappa shape index (κ2) is 9.65. The van der Waals surface area contributed by atoms with Gasteiger partial charge in [-0.25, -0.2) is 9.59 Å². The van der Waals surface area contributed by atoms with Crippen LogP contribution in [0.25, 0.3) is 0 Å². The Morgan fingerprint density at radius 1 is 1.14 bits per heavy atom. The van der Waals surface area contributed by atoms with Crippen LogP contribution >= 0.6 is 23.6 Å². The maximum atomic E-state index is 12.4. The molecular formula is C18H24N4O4S2. The number of anilines is 2. The van der Waals surface area contributed by atoms with E-state index < -0.39 is 11.9 Å². The normalized spacial score (nSPS) is 10.5. The summed E-state index contributed by atoms with van der Waals surface area (Å²) in [6.07, 6.45) is 1.68. The van der Waals surface area contributed by atoms with Crippen LogP contribution in [0.15, 0.2) is 6.20 Å². The Balaban J connectivity index is 2.30. The second-order valence-corrected chi connectivity index (χ2v) is 7.17. The molecule has 28 heavy (non-hydrogen) atoms. The van der Waals surface area contributed by atoms with Crippen LogP contribution in [0.3, 0.4) is 0 Å². The van der Waals surface area contributed by atoms with Crippen molar-refractivity contribution in [2.24, 2.45) is 0 Å². The van der Waals surface area contributed by atoms with Crippen molar-refractivity contribution in [3.05, 3.63) is 27.9 Å². The van der Waals surface area contributed by atoms with Gasteiger partial charge < -0.3 is 20.1 Å². The molecule has 0 radical (unpaired) electrons. The van der Waals surface area contributed by atoms with Gasteiger partial charge in [-0.15, -0.1) is 11.3 Å². The van der Waals surface area contributed by atoms with Gasteiger partial charge in [-0.1, -0.05) is 0 Å². The lowest BCUT2D eigenvalue weighted by atomic mass is 10.1. The highest BCUT2D eigenvalue weighted by atomic mass is 32.1. The van der Waals surface area contributed by atoms with Crippen LogP contribution in [-0.2, 0) is 16.0 Å². The summed E-state index contributed by atoms with van der Waals surface area (Å²) in [5.74, 6) is -1.00. The highest BCUT2D eigenvalue weighted by Crippen LogP contribution is 2.34. The van der Waals surface area contributed by atoms with Crippen molar-refractivity contribution in [2.75, 3.05) is 23.8 Å². The van der Waals surface area contributed by atoms with Crippen LogP contribution in [0.5, 0.6) is 0 Å². The number of rotatable bonds is 7. The summed E-state index contributed by atoms with van der Waals surface area (Å²) in [5.41, 5.74) is 2.48. The molecule has 2 heterocycles. The number of ether oxygens (including phenoxy) is 2. The van der Waals surface area contributed by atoms with Gasteiger partial charge in [-0.05, 0) is 52.4 Å². The zero-order chi connectivity index (χ0) is 20.8. The molecule has 0 aliphatic carbocycles. The van der Waals surface area contributed by atoms with E-state index in [1.54, 1.807) is 27.0 Å². The molecule has 8 nitrogen and oxygen atoms in total. The van der Waals surface area contributed by atoms with Crippen LogP contribution in [0.4, 0.5) is 10.7 Å². The van der Waals surface area contributed by atoms with E-state index in [-0.39, 0.29) is 23.9 Å². The quantitative estimate of drug-likeness (QED) is 0.513. The number of hydrogen-bond acceptors (Lipinski definition) is 7. The van der Waals surface area contributed by atoms with Gasteiger partial charge in [0.2, 0.25) is 0 Å². The molecule has 0 bridgehead atoms. The van der Waals surface area contributed by atoms with Gasteiger partial charge in [0.1, 0.15) is 9.88 Å². The number of nitrogens with one attached hydrogen (secondary N) is 2. The number of aryl methyl sites for hydroxylation is 1. The Morgan fingerprint density at radius 2 is 1.79 bits per heavy atom. The van der Waals surface area contributed by atoms with E-state index in [4.69, 9.17) is 21.7 Å². The van der Waals surface area contributed by atoms with Crippen molar-refractivity contribution >= 4 is 51.3 Å². The minimum Gasteiger partial charge on any atom is -0.462 e. The minimum absolute atomic E-state index is 0.223. The predicted molar refractivity (Wildman–Crippen MR) is 113 cm³/mol. The first-order valence-corrected chi connectivity index (χ1v) is 10.1. The van der Waals surface area contributed by atoms with Crippen LogP contribution in [0.2, 0.25) is 0 Å². The number of esters is 2. The SMILES string of the molecule is CCOC(=O)c1sc(NC(=S)Nc2cnn(CC)c2C)c(C(=O)OCC)c1C. The molecule has 0 aliphatic rings. The Kier molecular flexibility index (Phi) is 7.53. The third-order valence-electron chi connectivity index (χ3n) is 3.97. The smallest absolute Gasteiger partial charge is 0.348 e. The third-order valence-corrected chi connectivity index (χ3v) is 5.36. The summed E-state index contributed by atoms with van der Waals surface area (Å²) in [6, 6.07) is 0. The Bertz CT molecular complexity index is 889. The number of thiocarbonyl (C=S) groups is 1. The van der Waals surface area contributed by atoms with Gasteiger partial charge in [0.05, 0.1) is 36.4 Å². The summed E-state index contributed by atoms with van der Waals surface area (Å²) < 4.78 is 12.1. The maximum Gasteiger partial charge on any atom is 0.348 e. The molecule has 0 saturated carbocycles. The first-order chi connectivity index (χ1) is 13.3. The summed E-state index contributed by atoms with van der Waals surface area (Å²) >= 11 is 6.49. The number of hydrogen-bond donors (Lipinski definition) is 2. The number of thiophene rings is 1. The van der Waals surface area contributed by atoms with Gasteiger partial charge >= 0.3 is 11.9 Å². The standard InChI is InChI=1S/C18H24N4O4S2/c1-6-22-11(5)12(9-19-22)20-18(27)21-15-13(16(23)25-7-2)10(4)14(28-15)17(24)26-8-3/h9H,6-8H2,1-5H3,(H2,20,21,27). The molecule has 0 spiro atoms. The van der Waals surface area contributed by atoms with E-state index >= 15 is 0 Å². The molecule has 2 N–H and O–H groups in total. The third kappa shape index (κ3) is 4.68. The topological polar surface area (TPSA) is 94.5 Å². The molecule has 10 heteroatoms. The highest BCUT2D eigenvalue weighted by Gasteiger charge is 2.27. The van der Waals surface area contributed by atoms with Crippen LogP contribution in [-0.4, -0.2) is 40.0 Å². The average molecular weight is 425 g/mol. The molecule has 0 fully saturated rings. The van der Waals surface area contributed by atoms with E-state index in [9.17, 15) is 9.59 Å². The number of carbonyl (C=O) groups is 2. The summed E-state index contributed by atoms with van der Waals surface area (Å²) in [4.78, 5) is 25.0. The summed E-state index contributed by atoms with van der Waals surface area (Å²) in [7, 11) is 0. The van der Waals surface area contributed by atoms with Gasteiger partial charge in [0, 0.05) is 6.54 Å². The van der Waals surface area contributed by atoms with E-state index in [1.807, 2.05) is 18.5 Å².